The van der Waals surface area contributed by atoms with Crippen molar-refractivity contribution in [2.45, 2.75) is 50.3 Å². The summed E-state index contributed by atoms with van der Waals surface area (Å²) in [7, 11) is -3.07. The van der Waals surface area contributed by atoms with Crippen LogP contribution in [-0.2, 0) is 22.1 Å². The number of sulfone groups is 1. The van der Waals surface area contributed by atoms with Crippen LogP contribution in [0.2, 0.25) is 0 Å². The van der Waals surface area contributed by atoms with E-state index in [9.17, 15) is 8.42 Å². The lowest BCUT2D eigenvalue weighted by molar-refractivity contribution is 0.455. The zero-order valence-corrected chi connectivity index (χ0v) is 11.1. The van der Waals surface area contributed by atoms with Crippen LogP contribution in [0.25, 0.3) is 0 Å². The van der Waals surface area contributed by atoms with Gasteiger partial charge in [-0.2, -0.15) is 0 Å². The molecule has 0 atom stereocenters. The third-order valence-electron chi connectivity index (χ3n) is 2.92. The van der Waals surface area contributed by atoms with E-state index in [2.05, 4.69) is 5.32 Å². The van der Waals surface area contributed by atoms with Gasteiger partial charge in [0.15, 0.2) is 9.84 Å². The van der Waals surface area contributed by atoms with Gasteiger partial charge in [-0.1, -0.05) is 0 Å². The molecule has 1 heterocycles. The summed E-state index contributed by atoms with van der Waals surface area (Å²) >= 11 is 0. The van der Waals surface area contributed by atoms with Gasteiger partial charge in [0.05, 0.1) is 11.8 Å². The molecule has 1 N–H and O–H groups in total. The van der Waals surface area contributed by atoms with E-state index in [4.69, 9.17) is 4.42 Å². The van der Waals surface area contributed by atoms with Crippen LogP contribution < -0.4 is 5.32 Å². The van der Waals surface area contributed by atoms with Crippen molar-refractivity contribution in [3.63, 3.8) is 0 Å². The molecule has 0 saturated heterocycles. The molecule has 1 fully saturated rings. The van der Waals surface area contributed by atoms with Gasteiger partial charge >= 0.3 is 0 Å². The molecule has 4 nitrogen and oxygen atoms in total. The Labute approximate surface area is 102 Å². The van der Waals surface area contributed by atoms with Gasteiger partial charge in [0, 0.05) is 6.04 Å². The van der Waals surface area contributed by atoms with Gasteiger partial charge < -0.3 is 9.73 Å². The Bertz CT molecular complexity index is 472. The van der Waals surface area contributed by atoms with Crippen LogP contribution in [0.3, 0.4) is 0 Å². The molecule has 0 unspecified atom stereocenters. The lowest BCUT2D eigenvalue weighted by Crippen LogP contribution is -2.16. The lowest BCUT2D eigenvalue weighted by atomic mass is 10.4. The highest BCUT2D eigenvalue weighted by Gasteiger charge is 2.21. The molecule has 1 aromatic rings. The Kier molecular flexibility index (Phi) is 3.58. The number of furan rings is 1. The van der Waals surface area contributed by atoms with Gasteiger partial charge in [0.25, 0.3) is 0 Å². The number of hydrogen-bond donors (Lipinski definition) is 1. The standard InChI is InChI=1S/C12H19NO3S/c1-9(2)17(14,15)8-12-6-5-11(16-12)7-13-10-3-4-10/h5-6,9-10,13H,3-4,7-8H2,1-2H3. The molecule has 0 radical (unpaired) electrons. The van der Waals surface area contributed by atoms with E-state index in [1.165, 1.54) is 12.8 Å². The van der Waals surface area contributed by atoms with Gasteiger partial charge in [0.1, 0.15) is 17.3 Å². The van der Waals surface area contributed by atoms with E-state index in [1.807, 2.05) is 6.07 Å². The second-order valence-electron chi connectivity index (χ2n) is 4.88. The first-order valence-electron chi connectivity index (χ1n) is 6.00. The van der Waals surface area contributed by atoms with Gasteiger partial charge in [-0.15, -0.1) is 0 Å². The van der Waals surface area contributed by atoms with Gasteiger partial charge in [-0.3, -0.25) is 0 Å². The molecule has 1 aliphatic rings. The van der Waals surface area contributed by atoms with Crippen LogP contribution in [0.4, 0.5) is 0 Å². The van der Waals surface area contributed by atoms with Crippen molar-refractivity contribution in [2.75, 3.05) is 0 Å². The van der Waals surface area contributed by atoms with Gasteiger partial charge in [-0.05, 0) is 38.8 Å². The summed E-state index contributed by atoms with van der Waals surface area (Å²) in [6.07, 6.45) is 2.46. The Morgan fingerprint density at radius 1 is 1.35 bits per heavy atom. The molecule has 0 bridgehead atoms. The van der Waals surface area contributed by atoms with E-state index in [0.717, 1.165) is 5.76 Å². The van der Waals surface area contributed by atoms with Crippen LogP contribution in [-0.4, -0.2) is 19.7 Å². The largest absolute Gasteiger partial charge is 0.464 e. The maximum Gasteiger partial charge on any atom is 0.159 e. The molecular weight excluding hydrogens is 238 g/mol. The Morgan fingerprint density at radius 3 is 2.59 bits per heavy atom. The molecule has 5 heteroatoms. The fraction of sp³-hybridized carbons (Fsp3) is 0.667. The first-order valence-corrected chi connectivity index (χ1v) is 7.71. The highest BCUT2D eigenvalue weighted by molar-refractivity contribution is 7.91. The SMILES string of the molecule is CC(C)S(=O)(=O)Cc1ccc(CNC2CC2)o1. The lowest BCUT2D eigenvalue weighted by Gasteiger charge is -2.05. The second kappa shape index (κ2) is 4.82. The summed E-state index contributed by atoms with van der Waals surface area (Å²) in [5.74, 6) is 1.34. The number of nitrogens with one attached hydrogen (secondary N) is 1. The fourth-order valence-corrected chi connectivity index (χ4v) is 2.38. The summed E-state index contributed by atoms with van der Waals surface area (Å²) in [5.41, 5.74) is 0. The topological polar surface area (TPSA) is 59.3 Å². The molecule has 1 aliphatic carbocycles. The molecule has 17 heavy (non-hydrogen) atoms. The number of rotatable bonds is 6. The van der Waals surface area contributed by atoms with Crippen LogP contribution in [0.15, 0.2) is 16.5 Å². The minimum atomic E-state index is -3.07. The first kappa shape index (κ1) is 12.6. The maximum atomic E-state index is 11.7. The van der Waals surface area contributed by atoms with Crippen LogP contribution in [0.1, 0.15) is 38.2 Å². The first-order chi connectivity index (χ1) is 7.97. The molecule has 0 amide bonds. The molecule has 96 valence electrons. The molecule has 0 aromatic carbocycles. The minimum Gasteiger partial charge on any atom is -0.464 e. The Morgan fingerprint density at radius 2 is 2.00 bits per heavy atom. The Hall–Kier alpha value is -0.810. The van der Waals surface area contributed by atoms with Crippen LogP contribution >= 0.6 is 0 Å². The fourth-order valence-electron chi connectivity index (χ4n) is 1.49. The summed E-state index contributed by atoms with van der Waals surface area (Å²) in [6, 6.07) is 4.23. The second-order valence-corrected chi connectivity index (χ2v) is 7.44. The van der Waals surface area contributed by atoms with Crippen molar-refractivity contribution in [2.24, 2.45) is 0 Å². The van der Waals surface area contributed by atoms with Gasteiger partial charge in [-0.25, -0.2) is 8.42 Å². The Balaban J connectivity index is 1.93. The van der Waals surface area contributed by atoms with Crippen molar-refractivity contribution >= 4 is 9.84 Å². The number of hydrogen-bond acceptors (Lipinski definition) is 4. The average Bonchev–Trinajstić information content (AvgIpc) is 2.97. The zero-order valence-electron chi connectivity index (χ0n) is 10.3. The van der Waals surface area contributed by atoms with Crippen LogP contribution in [0.5, 0.6) is 0 Å². The highest BCUT2D eigenvalue weighted by atomic mass is 32.2. The third-order valence-corrected chi connectivity index (χ3v) is 5.04. The van der Waals surface area contributed by atoms with Crippen molar-refractivity contribution < 1.29 is 12.8 Å². The molecular formula is C12H19NO3S. The smallest absolute Gasteiger partial charge is 0.159 e. The predicted octanol–water partition coefficient (Wildman–Crippen LogP) is 1.85. The van der Waals surface area contributed by atoms with Crippen molar-refractivity contribution in [3.8, 4) is 0 Å². The van der Waals surface area contributed by atoms with E-state index in [-0.39, 0.29) is 11.0 Å². The van der Waals surface area contributed by atoms with Gasteiger partial charge in [0.2, 0.25) is 0 Å². The molecule has 0 spiro atoms. The van der Waals surface area contributed by atoms with E-state index >= 15 is 0 Å². The van der Waals surface area contributed by atoms with Crippen molar-refractivity contribution in [3.05, 3.63) is 23.7 Å². The normalized spacial score (nSPS) is 16.6. The van der Waals surface area contributed by atoms with Crippen LogP contribution in [0, 0.1) is 0 Å². The van der Waals surface area contributed by atoms with Crippen molar-refractivity contribution in [1.82, 2.24) is 5.32 Å². The summed E-state index contributed by atoms with van der Waals surface area (Å²) in [6.45, 7) is 4.06. The van der Waals surface area contributed by atoms with E-state index in [1.54, 1.807) is 19.9 Å². The molecule has 0 aliphatic heterocycles. The van der Waals surface area contributed by atoms with E-state index < -0.39 is 9.84 Å². The summed E-state index contributed by atoms with van der Waals surface area (Å²) in [4.78, 5) is 0. The quantitative estimate of drug-likeness (QED) is 0.845. The molecule has 1 aromatic heterocycles. The zero-order chi connectivity index (χ0) is 12.5. The predicted molar refractivity (Wildman–Crippen MR) is 66.3 cm³/mol. The third kappa shape index (κ3) is 3.57. The maximum absolute atomic E-state index is 11.7. The average molecular weight is 257 g/mol. The summed E-state index contributed by atoms with van der Waals surface area (Å²) < 4.78 is 28.9. The summed E-state index contributed by atoms with van der Waals surface area (Å²) in [5, 5.41) is 2.97. The highest BCUT2D eigenvalue weighted by Crippen LogP contribution is 2.20. The monoisotopic (exact) mass is 257 g/mol. The molecule has 1 saturated carbocycles. The molecule has 2 rings (SSSR count). The van der Waals surface area contributed by atoms with E-state index in [0.29, 0.717) is 18.3 Å². The van der Waals surface area contributed by atoms with Crippen molar-refractivity contribution in [1.29, 1.82) is 0 Å². The minimum absolute atomic E-state index is 0.00586.